The van der Waals surface area contributed by atoms with Gasteiger partial charge in [-0.2, -0.15) is 0 Å². The molecule has 1 atom stereocenters. The molecule has 0 saturated carbocycles. The smallest absolute Gasteiger partial charge is 0.133 e. The van der Waals surface area contributed by atoms with Crippen molar-refractivity contribution in [3.05, 3.63) is 11.6 Å². The molecule has 1 aromatic heterocycles. The van der Waals surface area contributed by atoms with Crippen molar-refractivity contribution in [2.45, 2.75) is 52.7 Å². The van der Waals surface area contributed by atoms with Crippen LogP contribution in [0.1, 0.15) is 38.8 Å². The second-order valence-electron chi connectivity index (χ2n) is 5.57. The second kappa shape index (κ2) is 3.59. The largest absolute Gasteiger partial charge is 0.391 e. The van der Waals surface area contributed by atoms with E-state index < -0.39 is 0 Å². The minimum absolute atomic E-state index is 0.214. The quantitative estimate of drug-likeness (QED) is 0.755. The fraction of sp³-hybridized carbons (Fsp3) is 0.818. The summed E-state index contributed by atoms with van der Waals surface area (Å²) in [7, 11) is 0. The van der Waals surface area contributed by atoms with Crippen LogP contribution >= 0.6 is 0 Å². The van der Waals surface area contributed by atoms with Crippen molar-refractivity contribution in [2.75, 3.05) is 0 Å². The van der Waals surface area contributed by atoms with Gasteiger partial charge in [0.2, 0.25) is 0 Å². The monoisotopic (exact) mass is 209 g/mol. The van der Waals surface area contributed by atoms with E-state index in [4.69, 9.17) is 0 Å². The van der Waals surface area contributed by atoms with Crippen LogP contribution in [-0.2, 0) is 19.4 Å². The lowest BCUT2D eigenvalue weighted by molar-refractivity contribution is 0.128. The van der Waals surface area contributed by atoms with Gasteiger partial charge in [-0.05, 0) is 11.8 Å². The maximum Gasteiger partial charge on any atom is 0.133 e. The van der Waals surface area contributed by atoms with Crippen LogP contribution in [0.25, 0.3) is 0 Å². The molecule has 1 aliphatic heterocycles. The molecule has 1 unspecified atom stereocenters. The first kappa shape index (κ1) is 10.6. The number of hydrogen-bond acceptors (Lipinski definition) is 3. The average Bonchev–Trinajstić information content (AvgIpc) is 2.46. The number of aliphatic hydroxyl groups is 1. The van der Waals surface area contributed by atoms with Gasteiger partial charge in [-0.25, -0.2) is 0 Å². The predicted molar refractivity (Wildman–Crippen MR) is 57.5 cm³/mol. The van der Waals surface area contributed by atoms with Gasteiger partial charge in [-0.1, -0.05) is 20.8 Å². The summed E-state index contributed by atoms with van der Waals surface area (Å²) in [5.74, 6) is 2.04. The molecule has 1 aromatic rings. The number of nitrogens with zero attached hydrogens (tertiary/aromatic N) is 3. The van der Waals surface area contributed by atoms with E-state index in [9.17, 15) is 5.11 Å². The Labute approximate surface area is 90.3 Å². The van der Waals surface area contributed by atoms with Crippen molar-refractivity contribution in [1.82, 2.24) is 14.8 Å². The Morgan fingerprint density at radius 2 is 2.13 bits per heavy atom. The van der Waals surface area contributed by atoms with Crippen molar-refractivity contribution < 1.29 is 5.11 Å². The topological polar surface area (TPSA) is 50.9 Å². The van der Waals surface area contributed by atoms with Gasteiger partial charge in [0.05, 0.1) is 12.6 Å². The Kier molecular flexibility index (Phi) is 2.54. The first-order valence-corrected chi connectivity index (χ1v) is 5.55. The van der Waals surface area contributed by atoms with Crippen LogP contribution < -0.4 is 0 Å². The molecule has 0 amide bonds. The summed E-state index contributed by atoms with van der Waals surface area (Å²) in [4.78, 5) is 0. The summed E-state index contributed by atoms with van der Waals surface area (Å²) in [6, 6.07) is 0. The van der Waals surface area contributed by atoms with E-state index in [0.29, 0.717) is 6.54 Å². The van der Waals surface area contributed by atoms with Crippen molar-refractivity contribution in [3.8, 4) is 0 Å². The summed E-state index contributed by atoms with van der Waals surface area (Å²) in [6.07, 6.45) is 2.34. The fourth-order valence-electron chi connectivity index (χ4n) is 1.97. The molecule has 0 fully saturated rings. The lowest BCUT2D eigenvalue weighted by Gasteiger charge is -2.23. The van der Waals surface area contributed by atoms with Gasteiger partial charge in [0.25, 0.3) is 0 Å². The first-order valence-electron chi connectivity index (χ1n) is 5.55. The standard InChI is InChI=1S/C11H19N3O/c1-11(2,3)6-10-13-12-9-5-4-8(15)7-14(9)10/h8,15H,4-7H2,1-3H3. The average molecular weight is 209 g/mol. The molecular weight excluding hydrogens is 190 g/mol. The third-order valence-corrected chi connectivity index (χ3v) is 2.69. The van der Waals surface area contributed by atoms with Crippen molar-refractivity contribution >= 4 is 0 Å². The van der Waals surface area contributed by atoms with Crippen LogP contribution in [-0.4, -0.2) is 26.0 Å². The highest BCUT2D eigenvalue weighted by atomic mass is 16.3. The van der Waals surface area contributed by atoms with E-state index in [-0.39, 0.29) is 11.5 Å². The van der Waals surface area contributed by atoms with Gasteiger partial charge in [0, 0.05) is 12.8 Å². The number of hydrogen-bond donors (Lipinski definition) is 1. The summed E-state index contributed by atoms with van der Waals surface area (Å²) in [5.41, 5.74) is 0.214. The molecule has 0 aromatic carbocycles. The van der Waals surface area contributed by atoms with Gasteiger partial charge in [0.15, 0.2) is 0 Å². The van der Waals surface area contributed by atoms with Crippen LogP contribution in [0, 0.1) is 5.41 Å². The number of rotatable bonds is 1. The van der Waals surface area contributed by atoms with E-state index in [1.807, 2.05) is 0 Å². The van der Waals surface area contributed by atoms with E-state index in [0.717, 1.165) is 30.9 Å². The minimum Gasteiger partial charge on any atom is -0.391 e. The molecule has 4 nitrogen and oxygen atoms in total. The highest BCUT2D eigenvalue weighted by Gasteiger charge is 2.23. The molecule has 84 valence electrons. The summed E-state index contributed by atoms with van der Waals surface area (Å²) in [5, 5.41) is 18.0. The van der Waals surface area contributed by atoms with Crippen LogP contribution in [0.3, 0.4) is 0 Å². The molecular formula is C11H19N3O. The Balaban J connectivity index is 2.23. The second-order valence-corrected chi connectivity index (χ2v) is 5.57. The Morgan fingerprint density at radius 1 is 1.40 bits per heavy atom. The fourth-order valence-corrected chi connectivity index (χ4v) is 1.97. The van der Waals surface area contributed by atoms with E-state index >= 15 is 0 Å². The predicted octanol–water partition coefficient (Wildman–Crippen LogP) is 1.17. The van der Waals surface area contributed by atoms with Crippen LogP contribution in [0.2, 0.25) is 0 Å². The normalized spacial score (nSPS) is 21.5. The maximum atomic E-state index is 9.62. The Morgan fingerprint density at radius 3 is 2.80 bits per heavy atom. The molecule has 2 rings (SSSR count). The van der Waals surface area contributed by atoms with E-state index in [1.165, 1.54) is 0 Å². The van der Waals surface area contributed by atoms with Gasteiger partial charge in [-0.15, -0.1) is 10.2 Å². The van der Waals surface area contributed by atoms with Crippen LogP contribution in [0.5, 0.6) is 0 Å². The molecule has 0 spiro atoms. The summed E-state index contributed by atoms with van der Waals surface area (Å²) in [6.45, 7) is 7.23. The van der Waals surface area contributed by atoms with Gasteiger partial charge < -0.3 is 9.67 Å². The van der Waals surface area contributed by atoms with Crippen molar-refractivity contribution in [1.29, 1.82) is 0 Å². The summed E-state index contributed by atoms with van der Waals surface area (Å²) < 4.78 is 2.08. The lowest BCUT2D eigenvalue weighted by atomic mass is 9.92. The number of aliphatic hydroxyl groups excluding tert-OH is 1. The highest BCUT2D eigenvalue weighted by molar-refractivity contribution is 5.02. The molecule has 1 N–H and O–H groups in total. The van der Waals surface area contributed by atoms with Gasteiger partial charge in [0.1, 0.15) is 11.6 Å². The van der Waals surface area contributed by atoms with Crippen molar-refractivity contribution in [3.63, 3.8) is 0 Å². The van der Waals surface area contributed by atoms with E-state index in [1.54, 1.807) is 0 Å². The molecule has 0 saturated heterocycles. The minimum atomic E-state index is -0.229. The Bertz CT molecular complexity index is 351. The molecule has 4 heteroatoms. The number of aromatic nitrogens is 3. The van der Waals surface area contributed by atoms with E-state index in [2.05, 4.69) is 35.5 Å². The third-order valence-electron chi connectivity index (χ3n) is 2.69. The number of fused-ring (bicyclic) bond motifs is 1. The highest BCUT2D eigenvalue weighted by Crippen LogP contribution is 2.22. The molecule has 0 radical (unpaired) electrons. The van der Waals surface area contributed by atoms with Gasteiger partial charge >= 0.3 is 0 Å². The number of aryl methyl sites for hydroxylation is 1. The van der Waals surface area contributed by atoms with Crippen molar-refractivity contribution in [2.24, 2.45) is 5.41 Å². The maximum absolute atomic E-state index is 9.62. The first-order chi connectivity index (χ1) is 6.96. The van der Waals surface area contributed by atoms with Crippen LogP contribution in [0.15, 0.2) is 0 Å². The lowest BCUT2D eigenvalue weighted by Crippen LogP contribution is -2.26. The van der Waals surface area contributed by atoms with Crippen LogP contribution in [0.4, 0.5) is 0 Å². The molecule has 2 heterocycles. The summed E-state index contributed by atoms with van der Waals surface area (Å²) >= 11 is 0. The molecule has 0 aliphatic carbocycles. The van der Waals surface area contributed by atoms with Gasteiger partial charge in [-0.3, -0.25) is 0 Å². The zero-order chi connectivity index (χ0) is 11.1. The molecule has 15 heavy (non-hydrogen) atoms. The SMILES string of the molecule is CC(C)(C)Cc1nnc2n1CC(O)CC2. The molecule has 1 aliphatic rings. The zero-order valence-corrected chi connectivity index (χ0v) is 9.69. The molecule has 0 bridgehead atoms. The Hall–Kier alpha value is -0.900. The zero-order valence-electron chi connectivity index (χ0n) is 9.69. The third kappa shape index (κ3) is 2.37.